The van der Waals surface area contributed by atoms with Gasteiger partial charge in [0.1, 0.15) is 5.82 Å². The summed E-state index contributed by atoms with van der Waals surface area (Å²) in [6.45, 7) is 1.92. The number of hydrogen-bond acceptors (Lipinski definition) is 1. The summed E-state index contributed by atoms with van der Waals surface area (Å²) in [6, 6.07) is 4.46. The van der Waals surface area contributed by atoms with Gasteiger partial charge in [-0.3, -0.25) is 0 Å². The lowest BCUT2D eigenvalue weighted by Gasteiger charge is -2.03. The minimum absolute atomic E-state index is 0. The van der Waals surface area contributed by atoms with Gasteiger partial charge >= 0.3 is 5.97 Å². The van der Waals surface area contributed by atoms with Crippen LogP contribution in [0, 0.1) is 5.82 Å². The maximum absolute atomic E-state index is 13.3. The fourth-order valence-electron chi connectivity index (χ4n) is 1.21. The number of carboxylic acid groups (broad SMARTS) is 1. The van der Waals surface area contributed by atoms with Gasteiger partial charge in [0.05, 0.1) is 5.56 Å². The Labute approximate surface area is 88.2 Å². The highest BCUT2D eigenvalue weighted by Gasteiger charge is 2.12. The Morgan fingerprint density at radius 3 is 2.64 bits per heavy atom. The molecule has 2 nitrogen and oxygen atoms in total. The summed E-state index contributed by atoms with van der Waals surface area (Å²) in [5.74, 6) is -1.81. The van der Waals surface area contributed by atoms with Crippen molar-refractivity contribution in [1.29, 1.82) is 0 Å². The van der Waals surface area contributed by atoms with Gasteiger partial charge in [0, 0.05) is 0 Å². The molecule has 4 heteroatoms. The van der Waals surface area contributed by atoms with E-state index >= 15 is 0 Å². The highest BCUT2D eigenvalue weighted by atomic mass is 35.5. The lowest BCUT2D eigenvalue weighted by atomic mass is 10.1. The molecular weight excluding hydrogens is 207 g/mol. The first-order chi connectivity index (χ1) is 6.16. The zero-order valence-corrected chi connectivity index (χ0v) is 8.60. The molecule has 14 heavy (non-hydrogen) atoms. The SMILES string of the molecule is CCCc1cccc(C(=O)O)c1F.Cl. The molecule has 0 bridgehead atoms. The van der Waals surface area contributed by atoms with E-state index in [0.717, 1.165) is 6.42 Å². The number of halogens is 2. The van der Waals surface area contributed by atoms with E-state index in [9.17, 15) is 9.18 Å². The van der Waals surface area contributed by atoms with Gasteiger partial charge in [-0.25, -0.2) is 9.18 Å². The molecule has 0 aliphatic carbocycles. The Balaban J connectivity index is 0.00000169. The number of aromatic carboxylic acids is 1. The molecule has 0 aromatic heterocycles. The predicted octanol–water partition coefficient (Wildman–Crippen LogP) is 2.90. The zero-order chi connectivity index (χ0) is 9.84. The van der Waals surface area contributed by atoms with Crippen LogP contribution >= 0.6 is 12.4 Å². The monoisotopic (exact) mass is 218 g/mol. The molecular formula is C10H12ClFO2. The van der Waals surface area contributed by atoms with E-state index in [-0.39, 0.29) is 18.0 Å². The molecule has 78 valence electrons. The quantitative estimate of drug-likeness (QED) is 0.847. The van der Waals surface area contributed by atoms with Gasteiger partial charge < -0.3 is 5.11 Å². The van der Waals surface area contributed by atoms with Crippen molar-refractivity contribution < 1.29 is 14.3 Å². The molecule has 0 saturated carbocycles. The van der Waals surface area contributed by atoms with Gasteiger partial charge in [-0.15, -0.1) is 12.4 Å². The van der Waals surface area contributed by atoms with E-state index in [1.807, 2.05) is 6.92 Å². The van der Waals surface area contributed by atoms with Gasteiger partial charge in [0.15, 0.2) is 0 Å². The fraction of sp³-hybridized carbons (Fsp3) is 0.300. The summed E-state index contributed by atoms with van der Waals surface area (Å²) in [4.78, 5) is 10.5. The number of hydrogen-bond donors (Lipinski definition) is 1. The van der Waals surface area contributed by atoms with E-state index in [4.69, 9.17) is 5.11 Å². The number of carbonyl (C=O) groups is 1. The summed E-state index contributed by atoms with van der Waals surface area (Å²) in [5, 5.41) is 8.62. The van der Waals surface area contributed by atoms with Crippen molar-refractivity contribution in [3.05, 3.63) is 35.1 Å². The van der Waals surface area contributed by atoms with E-state index in [2.05, 4.69) is 0 Å². The molecule has 1 aromatic rings. The number of carboxylic acids is 1. The third-order valence-corrected chi connectivity index (χ3v) is 1.83. The standard InChI is InChI=1S/C10H11FO2.ClH/c1-2-4-7-5-3-6-8(9(7)11)10(12)13;/h3,5-6H,2,4H2,1H3,(H,12,13);1H. The van der Waals surface area contributed by atoms with E-state index < -0.39 is 11.8 Å². The minimum atomic E-state index is -1.21. The smallest absolute Gasteiger partial charge is 0.338 e. The van der Waals surface area contributed by atoms with Gasteiger partial charge in [0.25, 0.3) is 0 Å². The Morgan fingerprint density at radius 1 is 1.50 bits per heavy atom. The summed E-state index contributed by atoms with van der Waals surface area (Å²) in [5.41, 5.74) is 0.230. The summed E-state index contributed by atoms with van der Waals surface area (Å²) in [6.07, 6.45) is 1.38. The molecule has 0 spiro atoms. The van der Waals surface area contributed by atoms with Crippen molar-refractivity contribution >= 4 is 18.4 Å². The molecule has 0 heterocycles. The molecule has 0 amide bonds. The summed E-state index contributed by atoms with van der Waals surface area (Å²) >= 11 is 0. The topological polar surface area (TPSA) is 37.3 Å². The fourth-order valence-corrected chi connectivity index (χ4v) is 1.21. The van der Waals surface area contributed by atoms with Crippen LogP contribution in [0.3, 0.4) is 0 Å². The van der Waals surface area contributed by atoms with Gasteiger partial charge in [-0.05, 0) is 18.1 Å². The van der Waals surface area contributed by atoms with Crippen molar-refractivity contribution in [2.45, 2.75) is 19.8 Å². The van der Waals surface area contributed by atoms with Crippen LogP contribution in [-0.2, 0) is 6.42 Å². The van der Waals surface area contributed by atoms with Crippen molar-refractivity contribution in [2.24, 2.45) is 0 Å². The number of rotatable bonds is 3. The summed E-state index contributed by atoms with van der Waals surface area (Å²) < 4.78 is 13.3. The molecule has 0 fully saturated rings. The predicted molar refractivity (Wildman–Crippen MR) is 54.6 cm³/mol. The van der Waals surface area contributed by atoms with Crippen LogP contribution in [0.5, 0.6) is 0 Å². The second-order valence-corrected chi connectivity index (χ2v) is 2.83. The first kappa shape index (κ1) is 12.9. The first-order valence-electron chi connectivity index (χ1n) is 4.17. The third-order valence-electron chi connectivity index (χ3n) is 1.83. The van der Waals surface area contributed by atoms with E-state index in [0.29, 0.717) is 12.0 Å². The highest BCUT2D eigenvalue weighted by Crippen LogP contribution is 2.14. The maximum atomic E-state index is 13.3. The molecule has 0 radical (unpaired) electrons. The van der Waals surface area contributed by atoms with Crippen LogP contribution in [-0.4, -0.2) is 11.1 Å². The minimum Gasteiger partial charge on any atom is -0.478 e. The van der Waals surface area contributed by atoms with Crippen LogP contribution in [0.15, 0.2) is 18.2 Å². The normalized spacial score (nSPS) is 9.29. The molecule has 0 atom stereocenters. The lowest BCUT2D eigenvalue weighted by Crippen LogP contribution is -2.03. The van der Waals surface area contributed by atoms with Crippen molar-refractivity contribution in [3.63, 3.8) is 0 Å². The highest BCUT2D eigenvalue weighted by molar-refractivity contribution is 5.88. The van der Waals surface area contributed by atoms with Crippen LogP contribution < -0.4 is 0 Å². The lowest BCUT2D eigenvalue weighted by molar-refractivity contribution is 0.0691. The first-order valence-corrected chi connectivity index (χ1v) is 4.17. The van der Waals surface area contributed by atoms with E-state index in [1.54, 1.807) is 12.1 Å². The van der Waals surface area contributed by atoms with Crippen LogP contribution in [0.2, 0.25) is 0 Å². The average Bonchev–Trinajstić information content (AvgIpc) is 2.08. The van der Waals surface area contributed by atoms with Crippen molar-refractivity contribution in [2.75, 3.05) is 0 Å². The average molecular weight is 219 g/mol. The molecule has 0 saturated heterocycles. The van der Waals surface area contributed by atoms with Crippen LogP contribution in [0.25, 0.3) is 0 Å². The zero-order valence-electron chi connectivity index (χ0n) is 7.79. The summed E-state index contributed by atoms with van der Waals surface area (Å²) in [7, 11) is 0. The molecule has 1 rings (SSSR count). The number of aryl methyl sites for hydroxylation is 1. The van der Waals surface area contributed by atoms with Gasteiger partial charge in [-0.2, -0.15) is 0 Å². The second-order valence-electron chi connectivity index (χ2n) is 2.83. The molecule has 0 aliphatic heterocycles. The van der Waals surface area contributed by atoms with Crippen LogP contribution in [0.1, 0.15) is 29.3 Å². The van der Waals surface area contributed by atoms with E-state index in [1.165, 1.54) is 6.07 Å². The molecule has 0 aliphatic rings. The van der Waals surface area contributed by atoms with Crippen molar-refractivity contribution in [3.8, 4) is 0 Å². The third kappa shape index (κ3) is 2.70. The number of benzene rings is 1. The Kier molecular flexibility index (Phi) is 5.16. The molecule has 1 N–H and O–H groups in total. The van der Waals surface area contributed by atoms with Gasteiger partial charge in [0.2, 0.25) is 0 Å². The second kappa shape index (κ2) is 5.60. The van der Waals surface area contributed by atoms with Crippen molar-refractivity contribution in [1.82, 2.24) is 0 Å². The largest absolute Gasteiger partial charge is 0.478 e. The maximum Gasteiger partial charge on any atom is 0.338 e. The Morgan fingerprint density at radius 2 is 2.14 bits per heavy atom. The molecule has 0 unspecified atom stereocenters. The van der Waals surface area contributed by atoms with Gasteiger partial charge in [-0.1, -0.05) is 25.5 Å². The van der Waals surface area contributed by atoms with Crippen LogP contribution in [0.4, 0.5) is 4.39 Å². The Hall–Kier alpha value is -1.09. The molecule has 1 aromatic carbocycles. The Bertz CT molecular complexity index is 326.